The van der Waals surface area contributed by atoms with Crippen molar-refractivity contribution in [3.63, 3.8) is 0 Å². The van der Waals surface area contributed by atoms with E-state index >= 15 is 0 Å². The first-order chi connectivity index (χ1) is 6.25. The first-order valence-electron chi connectivity index (χ1n) is 4.67. The van der Waals surface area contributed by atoms with E-state index in [9.17, 15) is 9.59 Å². The minimum atomic E-state index is -0.0556. The van der Waals surface area contributed by atoms with Gasteiger partial charge in [0, 0.05) is 0 Å². The van der Waals surface area contributed by atoms with Gasteiger partial charge >= 0.3 is 0 Å². The average molecular weight is 202 g/mol. The largest absolute Gasteiger partial charge is 0.274 e. The number of halogens is 1. The number of alkyl halides is 1. The van der Waals surface area contributed by atoms with Crippen molar-refractivity contribution in [2.75, 3.05) is 6.00 Å². The van der Waals surface area contributed by atoms with Crippen molar-refractivity contribution in [3.05, 3.63) is 0 Å². The van der Waals surface area contributed by atoms with E-state index in [4.69, 9.17) is 11.6 Å². The summed E-state index contributed by atoms with van der Waals surface area (Å²) in [5.41, 5.74) is 0. The van der Waals surface area contributed by atoms with E-state index in [1.165, 1.54) is 4.90 Å². The van der Waals surface area contributed by atoms with Crippen molar-refractivity contribution in [3.8, 4) is 0 Å². The average Bonchev–Trinajstić information content (AvgIpc) is 2.41. The van der Waals surface area contributed by atoms with Crippen LogP contribution in [0.2, 0.25) is 0 Å². The van der Waals surface area contributed by atoms with Gasteiger partial charge in [-0.25, -0.2) is 0 Å². The predicted molar refractivity (Wildman–Crippen MR) is 48.0 cm³/mol. The highest BCUT2D eigenvalue weighted by atomic mass is 35.5. The van der Waals surface area contributed by atoms with Crippen molar-refractivity contribution in [2.24, 2.45) is 11.8 Å². The summed E-state index contributed by atoms with van der Waals surface area (Å²) in [4.78, 5) is 24.4. The van der Waals surface area contributed by atoms with Crippen molar-refractivity contribution in [1.82, 2.24) is 4.90 Å². The molecule has 0 aromatic heterocycles. The molecule has 2 rings (SSSR count). The lowest BCUT2D eigenvalue weighted by atomic mass is 9.81. The predicted octanol–water partition coefficient (Wildman–Crippen LogP) is 1.36. The lowest BCUT2D eigenvalue weighted by Crippen LogP contribution is -2.29. The molecule has 2 amide bonds. The fourth-order valence-corrected chi connectivity index (χ4v) is 2.58. The third-order valence-electron chi connectivity index (χ3n) is 3.05. The van der Waals surface area contributed by atoms with Crippen LogP contribution in [0, 0.1) is 11.8 Å². The Balaban J connectivity index is 2.22. The Hall–Kier alpha value is -0.570. The van der Waals surface area contributed by atoms with Gasteiger partial charge in [-0.05, 0) is 12.8 Å². The Morgan fingerprint density at radius 3 is 2.00 bits per heavy atom. The first-order valence-corrected chi connectivity index (χ1v) is 5.20. The number of rotatable bonds is 1. The van der Waals surface area contributed by atoms with Gasteiger partial charge in [0.25, 0.3) is 0 Å². The topological polar surface area (TPSA) is 37.4 Å². The highest BCUT2D eigenvalue weighted by Gasteiger charge is 2.47. The highest BCUT2D eigenvalue weighted by molar-refractivity contribution is 6.21. The Labute approximate surface area is 82.0 Å². The second kappa shape index (κ2) is 3.29. The van der Waals surface area contributed by atoms with Crippen LogP contribution in [0.5, 0.6) is 0 Å². The Morgan fingerprint density at radius 2 is 1.62 bits per heavy atom. The molecule has 0 N–H and O–H groups in total. The molecule has 2 aliphatic rings. The van der Waals surface area contributed by atoms with E-state index in [0.717, 1.165) is 25.7 Å². The van der Waals surface area contributed by atoms with Crippen molar-refractivity contribution < 1.29 is 9.59 Å². The molecule has 1 heterocycles. The molecule has 0 aromatic rings. The van der Waals surface area contributed by atoms with Crippen LogP contribution in [-0.2, 0) is 9.59 Å². The second-order valence-corrected chi connectivity index (χ2v) is 3.96. The number of hydrogen-bond acceptors (Lipinski definition) is 2. The van der Waals surface area contributed by atoms with E-state index in [1.807, 2.05) is 0 Å². The molecule has 1 aliphatic carbocycles. The SMILES string of the molecule is O=C1[C@H]2CCCC[C@H]2C(=O)N1CCl. The van der Waals surface area contributed by atoms with Crippen LogP contribution >= 0.6 is 11.6 Å². The van der Waals surface area contributed by atoms with Gasteiger partial charge in [0.15, 0.2) is 0 Å². The molecule has 72 valence electrons. The fraction of sp³-hybridized carbons (Fsp3) is 0.778. The number of nitrogens with zero attached hydrogens (tertiary/aromatic N) is 1. The van der Waals surface area contributed by atoms with Crippen LogP contribution in [0.25, 0.3) is 0 Å². The van der Waals surface area contributed by atoms with E-state index in [2.05, 4.69) is 0 Å². The van der Waals surface area contributed by atoms with Gasteiger partial charge in [-0.2, -0.15) is 0 Å². The van der Waals surface area contributed by atoms with Gasteiger partial charge in [-0.1, -0.05) is 12.8 Å². The molecule has 0 spiro atoms. The maximum Gasteiger partial charge on any atom is 0.234 e. The highest BCUT2D eigenvalue weighted by Crippen LogP contribution is 2.37. The molecule has 2 atom stereocenters. The van der Waals surface area contributed by atoms with Gasteiger partial charge in [0.1, 0.15) is 6.00 Å². The quantitative estimate of drug-likeness (QED) is 0.365. The smallest absolute Gasteiger partial charge is 0.234 e. The van der Waals surface area contributed by atoms with Crippen LogP contribution < -0.4 is 0 Å². The normalized spacial score (nSPS) is 33.8. The standard InChI is InChI=1S/C9H12ClNO2/c10-5-11-8(12)6-3-1-2-4-7(6)9(11)13/h6-7H,1-5H2/t6-,7+. The summed E-state index contributed by atoms with van der Waals surface area (Å²) in [6.45, 7) is 0. The summed E-state index contributed by atoms with van der Waals surface area (Å²) < 4.78 is 0. The Kier molecular flexibility index (Phi) is 2.28. The number of carbonyl (C=O) groups is 2. The summed E-state index contributed by atoms with van der Waals surface area (Å²) in [5.74, 6) is -0.214. The minimum absolute atomic E-state index is 0.0185. The number of fused-ring (bicyclic) bond motifs is 1. The molecule has 13 heavy (non-hydrogen) atoms. The Morgan fingerprint density at radius 1 is 1.15 bits per heavy atom. The van der Waals surface area contributed by atoms with Crippen molar-refractivity contribution >= 4 is 23.4 Å². The number of hydrogen-bond donors (Lipinski definition) is 0. The fourth-order valence-electron chi connectivity index (χ4n) is 2.35. The third kappa shape index (κ3) is 1.26. The van der Waals surface area contributed by atoms with Gasteiger partial charge in [-0.15, -0.1) is 11.6 Å². The van der Waals surface area contributed by atoms with Gasteiger partial charge in [0.05, 0.1) is 11.8 Å². The molecule has 1 saturated carbocycles. The van der Waals surface area contributed by atoms with E-state index in [1.54, 1.807) is 0 Å². The summed E-state index contributed by atoms with van der Waals surface area (Å²) >= 11 is 5.55. The zero-order valence-corrected chi connectivity index (χ0v) is 8.09. The zero-order valence-electron chi connectivity index (χ0n) is 7.33. The number of carbonyl (C=O) groups excluding carboxylic acids is 2. The van der Waals surface area contributed by atoms with Crippen LogP contribution in [0.1, 0.15) is 25.7 Å². The monoisotopic (exact) mass is 201 g/mol. The van der Waals surface area contributed by atoms with E-state index in [0.29, 0.717) is 0 Å². The van der Waals surface area contributed by atoms with Crippen LogP contribution in [0.4, 0.5) is 0 Å². The van der Waals surface area contributed by atoms with Gasteiger partial charge < -0.3 is 0 Å². The van der Waals surface area contributed by atoms with Crippen LogP contribution in [0.15, 0.2) is 0 Å². The number of imide groups is 1. The molecule has 0 aromatic carbocycles. The van der Waals surface area contributed by atoms with Crippen LogP contribution in [0.3, 0.4) is 0 Å². The molecule has 0 unspecified atom stereocenters. The molecule has 1 saturated heterocycles. The van der Waals surface area contributed by atoms with Crippen LogP contribution in [-0.4, -0.2) is 22.7 Å². The summed E-state index contributed by atoms with van der Waals surface area (Å²) in [6, 6.07) is 0.0185. The molecule has 1 aliphatic heterocycles. The number of likely N-dealkylation sites (tertiary alicyclic amines) is 1. The van der Waals surface area contributed by atoms with Crippen molar-refractivity contribution in [2.45, 2.75) is 25.7 Å². The van der Waals surface area contributed by atoms with E-state index < -0.39 is 0 Å². The minimum Gasteiger partial charge on any atom is -0.274 e. The molecule has 3 nitrogen and oxygen atoms in total. The van der Waals surface area contributed by atoms with Crippen molar-refractivity contribution in [1.29, 1.82) is 0 Å². The summed E-state index contributed by atoms with van der Waals surface area (Å²) in [6.07, 6.45) is 3.86. The second-order valence-electron chi connectivity index (χ2n) is 3.72. The molecular weight excluding hydrogens is 190 g/mol. The van der Waals surface area contributed by atoms with E-state index in [-0.39, 0.29) is 29.7 Å². The third-order valence-corrected chi connectivity index (χ3v) is 3.29. The molecule has 2 fully saturated rings. The maximum absolute atomic E-state index is 11.6. The summed E-state index contributed by atoms with van der Waals surface area (Å²) in [7, 11) is 0. The first kappa shape index (κ1) is 9.00. The zero-order chi connectivity index (χ0) is 9.42. The molecular formula is C9H12ClNO2. The Bertz CT molecular complexity index is 230. The number of amides is 2. The molecule has 0 radical (unpaired) electrons. The van der Waals surface area contributed by atoms with Gasteiger partial charge in [-0.3, -0.25) is 14.5 Å². The lowest BCUT2D eigenvalue weighted by molar-refractivity contribution is -0.138. The molecule has 4 heteroatoms. The maximum atomic E-state index is 11.6. The lowest BCUT2D eigenvalue weighted by Gasteiger charge is -2.19. The summed E-state index contributed by atoms with van der Waals surface area (Å²) in [5, 5.41) is 0. The van der Waals surface area contributed by atoms with Gasteiger partial charge in [0.2, 0.25) is 11.8 Å². The molecule has 0 bridgehead atoms.